The van der Waals surface area contributed by atoms with E-state index in [4.69, 9.17) is 14.9 Å². The van der Waals surface area contributed by atoms with Gasteiger partial charge in [-0.25, -0.2) is 8.42 Å². The Kier molecular flexibility index (Phi) is 7.00. The van der Waals surface area contributed by atoms with E-state index in [9.17, 15) is 18.0 Å². The predicted molar refractivity (Wildman–Crippen MR) is 146 cm³/mol. The molecule has 0 aliphatic carbocycles. The summed E-state index contributed by atoms with van der Waals surface area (Å²) in [6.45, 7) is 2.36. The fraction of sp³-hybridized carbons (Fsp3) is 0.250. The van der Waals surface area contributed by atoms with Crippen LogP contribution >= 0.6 is 0 Å². The minimum absolute atomic E-state index is 0.0815. The third kappa shape index (κ3) is 5.05. The number of ether oxygens (including phenoxy) is 1. The summed E-state index contributed by atoms with van der Waals surface area (Å²) in [5.74, 6) is -0.123. The maximum Gasteiger partial charge on any atom is 0.289 e. The van der Waals surface area contributed by atoms with Crippen LogP contribution in [0.5, 0.6) is 5.75 Å². The Bertz CT molecular complexity index is 1660. The SMILES string of the molecule is COc1cccc(Nc2c(C(N)=O)cnc3c(S(=O)(=O)C4CCN(C(=O)c5ccco5)CC4)cc(C)cc23)c1. The largest absolute Gasteiger partial charge is 0.497 e. The van der Waals surface area contributed by atoms with E-state index in [1.807, 2.05) is 0 Å². The lowest BCUT2D eigenvalue weighted by Gasteiger charge is -2.31. The van der Waals surface area contributed by atoms with Crippen molar-refractivity contribution < 1.29 is 27.2 Å². The summed E-state index contributed by atoms with van der Waals surface area (Å²) in [6, 6.07) is 13.7. The Morgan fingerprint density at radius 2 is 1.90 bits per heavy atom. The van der Waals surface area contributed by atoms with Gasteiger partial charge in [-0.2, -0.15) is 0 Å². The van der Waals surface area contributed by atoms with Crippen molar-refractivity contribution in [2.45, 2.75) is 29.9 Å². The molecule has 0 bridgehead atoms. The molecular formula is C28H28N4O6S. The van der Waals surface area contributed by atoms with Gasteiger partial charge in [0.05, 0.1) is 40.3 Å². The van der Waals surface area contributed by atoms with E-state index in [0.717, 1.165) is 0 Å². The molecule has 11 heteroatoms. The average molecular weight is 549 g/mol. The topological polar surface area (TPSA) is 145 Å². The van der Waals surface area contributed by atoms with Gasteiger partial charge in [0.2, 0.25) is 0 Å². The molecule has 0 saturated carbocycles. The number of nitrogens with one attached hydrogen (secondary N) is 1. The van der Waals surface area contributed by atoms with E-state index < -0.39 is 21.0 Å². The highest BCUT2D eigenvalue weighted by molar-refractivity contribution is 7.92. The highest BCUT2D eigenvalue weighted by Gasteiger charge is 2.35. The van der Waals surface area contributed by atoms with Crippen molar-refractivity contribution in [3.63, 3.8) is 0 Å². The Morgan fingerprint density at radius 1 is 1.13 bits per heavy atom. The Balaban J connectivity index is 1.52. The summed E-state index contributed by atoms with van der Waals surface area (Å²) >= 11 is 0. The molecule has 2 aromatic heterocycles. The number of carbonyl (C=O) groups excluding carboxylic acids is 2. The quantitative estimate of drug-likeness (QED) is 0.352. The number of methoxy groups -OCH3 is 1. The molecule has 1 fully saturated rings. The summed E-state index contributed by atoms with van der Waals surface area (Å²) in [4.78, 5) is 31.0. The number of aryl methyl sites for hydroxylation is 1. The number of piperidine rings is 1. The monoisotopic (exact) mass is 548 g/mol. The summed E-state index contributed by atoms with van der Waals surface area (Å²) in [5, 5.41) is 2.98. The van der Waals surface area contributed by atoms with Gasteiger partial charge in [0.15, 0.2) is 15.6 Å². The van der Waals surface area contributed by atoms with Gasteiger partial charge in [-0.1, -0.05) is 6.07 Å². The first kappa shape index (κ1) is 26.2. The molecular weight excluding hydrogens is 520 g/mol. The minimum atomic E-state index is -3.84. The van der Waals surface area contributed by atoms with E-state index in [1.165, 1.54) is 12.5 Å². The van der Waals surface area contributed by atoms with Gasteiger partial charge < -0.3 is 25.1 Å². The van der Waals surface area contributed by atoms with Crippen LogP contribution in [0.2, 0.25) is 0 Å². The third-order valence-electron chi connectivity index (χ3n) is 6.89. The van der Waals surface area contributed by atoms with Crippen LogP contribution in [0.25, 0.3) is 10.9 Å². The number of nitrogens with zero attached hydrogens (tertiary/aromatic N) is 2. The first-order valence-corrected chi connectivity index (χ1v) is 13.9. The number of nitrogens with two attached hydrogens (primary N) is 1. The van der Waals surface area contributed by atoms with Crippen molar-refractivity contribution in [1.82, 2.24) is 9.88 Å². The number of hydrogen-bond acceptors (Lipinski definition) is 8. The standard InChI is InChI=1S/C28H28N4O6S/c1-17-13-21-25(31-18-5-3-6-19(15-18)37-2)22(27(29)33)16-30-26(21)24(14-17)39(35,36)20-8-10-32(11-9-20)28(34)23-7-4-12-38-23/h3-7,12-16,20H,8-11H2,1-2H3,(H2,29,33)(H,30,31). The summed E-state index contributed by atoms with van der Waals surface area (Å²) in [7, 11) is -2.29. The second-order valence-electron chi connectivity index (χ2n) is 9.44. The van der Waals surface area contributed by atoms with E-state index in [2.05, 4.69) is 10.3 Å². The van der Waals surface area contributed by atoms with Crippen LogP contribution in [0.15, 0.2) is 70.3 Å². The smallest absolute Gasteiger partial charge is 0.289 e. The molecule has 39 heavy (non-hydrogen) atoms. The lowest BCUT2D eigenvalue weighted by Crippen LogP contribution is -2.42. The maximum atomic E-state index is 13.9. The maximum absolute atomic E-state index is 13.9. The number of likely N-dealkylation sites (tertiary alicyclic amines) is 1. The van der Waals surface area contributed by atoms with E-state index in [1.54, 1.807) is 67.5 Å². The summed E-state index contributed by atoms with van der Waals surface area (Å²) in [6.07, 6.45) is 3.28. The Hall–Kier alpha value is -4.38. The third-order valence-corrected chi connectivity index (χ3v) is 9.17. The Labute approximate surface area is 225 Å². The van der Waals surface area contributed by atoms with E-state index in [0.29, 0.717) is 28.1 Å². The van der Waals surface area contributed by atoms with Crippen molar-refractivity contribution in [2.24, 2.45) is 5.73 Å². The number of sulfone groups is 1. The molecule has 4 aromatic rings. The Morgan fingerprint density at radius 3 is 2.56 bits per heavy atom. The van der Waals surface area contributed by atoms with Crippen molar-refractivity contribution in [3.05, 3.63) is 77.9 Å². The van der Waals surface area contributed by atoms with Crippen LogP contribution in [-0.2, 0) is 9.84 Å². The number of carbonyl (C=O) groups is 2. The first-order valence-electron chi connectivity index (χ1n) is 12.4. The number of hydrogen-bond donors (Lipinski definition) is 2. The molecule has 3 N–H and O–H groups in total. The molecule has 1 saturated heterocycles. The van der Waals surface area contributed by atoms with Crippen molar-refractivity contribution in [3.8, 4) is 5.75 Å². The van der Waals surface area contributed by atoms with Gasteiger partial charge in [0.25, 0.3) is 11.8 Å². The molecule has 0 unspecified atom stereocenters. The number of pyridine rings is 1. The summed E-state index contributed by atoms with van der Waals surface area (Å²) < 4.78 is 38.4. The van der Waals surface area contributed by atoms with Crippen LogP contribution < -0.4 is 15.8 Å². The molecule has 0 spiro atoms. The zero-order valence-electron chi connectivity index (χ0n) is 21.5. The van der Waals surface area contributed by atoms with Crippen LogP contribution in [0, 0.1) is 6.92 Å². The van der Waals surface area contributed by atoms with Crippen molar-refractivity contribution >= 4 is 43.9 Å². The molecule has 1 aliphatic heterocycles. The number of aromatic nitrogens is 1. The fourth-order valence-electron chi connectivity index (χ4n) is 4.90. The number of primary amides is 1. The van der Waals surface area contributed by atoms with Crippen LogP contribution in [0.4, 0.5) is 11.4 Å². The molecule has 1 aliphatic rings. The zero-order chi connectivity index (χ0) is 27.7. The normalized spacial score (nSPS) is 14.4. The lowest BCUT2D eigenvalue weighted by molar-refractivity contribution is 0.0693. The van der Waals surface area contributed by atoms with Gasteiger partial charge in [-0.05, 0) is 61.7 Å². The number of amides is 2. The number of anilines is 2. The molecule has 5 rings (SSSR count). The van der Waals surface area contributed by atoms with Gasteiger partial charge in [0.1, 0.15) is 5.75 Å². The van der Waals surface area contributed by atoms with Gasteiger partial charge >= 0.3 is 0 Å². The number of furan rings is 1. The fourth-order valence-corrected chi connectivity index (χ4v) is 6.87. The zero-order valence-corrected chi connectivity index (χ0v) is 22.3. The molecule has 10 nitrogen and oxygen atoms in total. The molecule has 3 heterocycles. The molecule has 0 atom stereocenters. The van der Waals surface area contributed by atoms with Crippen LogP contribution in [0.3, 0.4) is 0 Å². The highest BCUT2D eigenvalue weighted by Crippen LogP contribution is 2.36. The second kappa shape index (κ2) is 10.4. The molecule has 202 valence electrons. The van der Waals surface area contributed by atoms with Gasteiger partial charge in [0, 0.05) is 36.4 Å². The number of benzene rings is 2. The first-order chi connectivity index (χ1) is 18.7. The van der Waals surface area contributed by atoms with Crippen molar-refractivity contribution in [1.29, 1.82) is 0 Å². The van der Waals surface area contributed by atoms with E-state index >= 15 is 0 Å². The second-order valence-corrected chi connectivity index (χ2v) is 11.6. The number of fused-ring (bicyclic) bond motifs is 1. The summed E-state index contributed by atoms with van der Waals surface area (Å²) in [5.41, 5.74) is 7.71. The van der Waals surface area contributed by atoms with Gasteiger partial charge in [-0.3, -0.25) is 14.6 Å². The number of rotatable bonds is 7. The lowest BCUT2D eigenvalue weighted by atomic mass is 10.1. The highest BCUT2D eigenvalue weighted by atomic mass is 32.2. The average Bonchev–Trinajstić information content (AvgIpc) is 3.48. The minimum Gasteiger partial charge on any atom is -0.497 e. The molecule has 2 aromatic carbocycles. The van der Waals surface area contributed by atoms with Crippen LogP contribution in [0.1, 0.15) is 39.3 Å². The van der Waals surface area contributed by atoms with Crippen LogP contribution in [-0.4, -0.2) is 55.6 Å². The predicted octanol–water partition coefficient (Wildman–Crippen LogP) is 4.07. The van der Waals surface area contributed by atoms with Gasteiger partial charge in [-0.15, -0.1) is 0 Å². The van der Waals surface area contributed by atoms with Crippen molar-refractivity contribution in [2.75, 3.05) is 25.5 Å². The molecule has 2 amide bonds. The van der Waals surface area contributed by atoms with E-state index in [-0.39, 0.29) is 53.6 Å². The molecule has 0 radical (unpaired) electrons.